The molecule has 0 unspecified atom stereocenters. The normalized spacial score (nSPS) is 12.7. The molecule has 2 aromatic carbocycles. The van der Waals surface area contributed by atoms with Crippen LogP contribution < -0.4 is 0 Å². The molecule has 0 amide bonds. The zero-order chi connectivity index (χ0) is 17.7. The molecule has 3 heterocycles. The molecule has 4 aromatic rings. The maximum Gasteiger partial charge on any atom is 0.153 e. The van der Waals surface area contributed by atoms with Crippen molar-refractivity contribution in [3.8, 4) is 11.4 Å². The number of halogens is 1. The number of para-hydroxylation sites is 1. The van der Waals surface area contributed by atoms with Gasteiger partial charge in [0.05, 0.1) is 5.69 Å². The van der Waals surface area contributed by atoms with E-state index in [1.165, 1.54) is 17.2 Å². The molecular formula is C21H15FN4. The van der Waals surface area contributed by atoms with E-state index in [-0.39, 0.29) is 5.82 Å². The first kappa shape index (κ1) is 15.0. The fraction of sp³-hybridized carbons (Fsp3) is 0.0952. The smallest absolute Gasteiger partial charge is 0.153 e. The Bertz CT molecular complexity index is 1190. The average molecular weight is 342 g/mol. The Morgan fingerprint density at radius 1 is 1.00 bits per heavy atom. The third-order valence-corrected chi connectivity index (χ3v) is 4.68. The lowest BCUT2D eigenvalue weighted by Gasteiger charge is -2.03. The van der Waals surface area contributed by atoms with E-state index in [1.807, 2.05) is 37.4 Å². The number of aryl methyl sites for hydroxylation is 1. The van der Waals surface area contributed by atoms with Crippen LogP contribution in [0.25, 0.3) is 34.4 Å². The molecule has 0 fully saturated rings. The van der Waals surface area contributed by atoms with E-state index in [0.717, 1.165) is 29.1 Å². The summed E-state index contributed by atoms with van der Waals surface area (Å²) in [6.07, 6.45) is 5.67. The molecule has 0 spiro atoms. The van der Waals surface area contributed by atoms with E-state index in [9.17, 15) is 4.39 Å². The van der Waals surface area contributed by atoms with Gasteiger partial charge >= 0.3 is 0 Å². The second-order valence-corrected chi connectivity index (χ2v) is 6.41. The van der Waals surface area contributed by atoms with Crippen molar-refractivity contribution < 1.29 is 4.39 Å². The minimum atomic E-state index is -0.333. The topological polar surface area (TPSA) is 43.6 Å². The number of rotatable bonds is 2. The third-order valence-electron chi connectivity index (χ3n) is 4.68. The fourth-order valence-corrected chi connectivity index (χ4v) is 3.44. The first-order chi connectivity index (χ1) is 12.7. The lowest BCUT2D eigenvalue weighted by atomic mass is 10.1. The van der Waals surface area contributed by atoms with Crippen molar-refractivity contribution in [2.24, 2.45) is 0 Å². The van der Waals surface area contributed by atoms with Crippen molar-refractivity contribution in [1.29, 1.82) is 0 Å². The Kier molecular flexibility index (Phi) is 3.22. The van der Waals surface area contributed by atoms with Crippen molar-refractivity contribution in [2.75, 3.05) is 0 Å². The van der Waals surface area contributed by atoms with Crippen LogP contribution in [0, 0.1) is 12.7 Å². The number of fused-ring (bicyclic) bond motifs is 4. The molecule has 0 saturated heterocycles. The molecule has 4 nitrogen and oxygen atoms in total. The predicted octanol–water partition coefficient (Wildman–Crippen LogP) is 4.47. The molecule has 0 radical (unpaired) electrons. The van der Waals surface area contributed by atoms with Crippen LogP contribution in [0.5, 0.6) is 0 Å². The molecule has 5 rings (SSSR count). The van der Waals surface area contributed by atoms with Gasteiger partial charge in [0.1, 0.15) is 17.2 Å². The number of hydrogen-bond donors (Lipinski definition) is 0. The summed E-state index contributed by atoms with van der Waals surface area (Å²) in [4.78, 5) is 13.5. The Balaban J connectivity index is 1.51. The molecular weight excluding hydrogens is 327 g/mol. The Hall–Kier alpha value is -3.34. The van der Waals surface area contributed by atoms with Gasteiger partial charge in [-0.2, -0.15) is 0 Å². The zero-order valence-electron chi connectivity index (χ0n) is 14.1. The van der Waals surface area contributed by atoms with Crippen LogP contribution in [-0.2, 0) is 6.54 Å². The van der Waals surface area contributed by atoms with Crippen LogP contribution in [0.2, 0.25) is 0 Å². The SMILES string of the molecule is Cc1nc(C=Cc2cn3c(n2)-c2ccccc2C3)nc2c(F)cccc12. The monoisotopic (exact) mass is 342 g/mol. The second kappa shape index (κ2) is 5.59. The molecule has 0 atom stereocenters. The van der Waals surface area contributed by atoms with Gasteiger partial charge in [0.25, 0.3) is 0 Å². The largest absolute Gasteiger partial charge is 0.326 e. The molecule has 0 N–H and O–H groups in total. The average Bonchev–Trinajstić information content (AvgIpc) is 3.18. The molecule has 0 saturated carbocycles. The molecule has 2 aromatic heterocycles. The van der Waals surface area contributed by atoms with Crippen molar-refractivity contribution in [1.82, 2.24) is 19.5 Å². The quantitative estimate of drug-likeness (QED) is 0.475. The summed E-state index contributed by atoms with van der Waals surface area (Å²) in [6.45, 7) is 2.70. The zero-order valence-corrected chi connectivity index (χ0v) is 14.1. The summed E-state index contributed by atoms with van der Waals surface area (Å²) in [6, 6.07) is 13.2. The first-order valence-electron chi connectivity index (χ1n) is 8.45. The number of nitrogens with zero attached hydrogens (tertiary/aromatic N) is 4. The maximum atomic E-state index is 14.0. The maximum absolute atomic E-state index is 14.0. The van der Waals surface area contributed by atoms with Gasteiger partial charge in [0, 0.05) is 29.4 Å². The molecule has 5 heteroatoms. The van der Waals surface area contributed by atoms with Crippen molar-refractivity contribution in [3.05, 3.63) is 77.3 Å². The summed E-state index contributed by atoms with van der Waals surface area (Å²) >= 11 is 0. The van der Waals surface area contributed by atoms with E-state index >= 15 is 0 Å². The molecule has 1 aliphatic heterocycles. The standard InChI is InChI=1S/C21H15FN4/c1-13-16-7-4-8-18(22)20(16)25-19(23-13)10-9-15-12-26-11-14-5-2-3-6-17(14)21(26)24-15/h2-10,12H,11H2,1H3. The van der Waals surface area contributed by atoms with Gasteiger partial charge in [0.2, 0.25) is 0 Å². The summed E-state index contributed by atoms with van der Waals surface area (Å²) in [7, 11) is 0. The van der Waals surface area contributed by atoms with Gasteiger partial charge in [-0.3, -0.25) is 0 Å². The minimum Gasteiger partial charge on any atom is -0.326 e. The molecule has 1 aliphatic rings. The minimum absolute atomic E-state index is 0.333. The summed E-state index contributed by atoms with van der Waals surface area (Å²) < 4.78 is 16.2. The highest BCUT2D eigenvalue weighted by Gasteiger charge is 2.19. The number of hydrogen-bond acceptors (Lipinski definition) is 3. The first-order valence-corrected chi connectivity index (χ1v) is 8.45. The highest BCUT2D eigenvalue weighted by Crippen LogP contribution is 2.31. The van der Waals surface area contributed by atoms with E-state index < -0.39 is 0 Å². The van der Waals surface area contributed by atoms with Crippen molar-refractivity contribution in [2.45, 2.75) is 13.5 Å². The van der Waals surface area contributed by atoms with Crippen LogP contribution in [0.4, 0.5) is 4.39 Å². The van der Waals surface area contributed by atoms with Gasteiger partial charge in [0.15, 0.2) is 5.82 Å². The Morgan fingerprint density at radius 3 is 2.81 bits per heavy atom. The van der Waals surface area contributed by atoms with E-state index in [4.69, 9.17) is 4.98 Å². The summed E-state index contributed by atoms with van der Waals surface area (Å²) in [5, 5.41) is 0.736. The second-order valence-electron chi connectivity index (χ2n) is 6.41. The number of imidazole rings is 1. The number of benzene rings is 2. The van der Waals surface area contributed by atoms with Crippen LogP contribution in [0.1, 0.15) is 22.8 Å². The van der Waals surface area contributed by atoms with E-state index in [2.05, 4.69) is 26.7 Å². The summed E-state index contributed by atoms with van der Waals surface area (Å²) in [5.41, 5.74) is 4.40. The lowest BCUT2D eigenvalue weighted by molar-refractivity contribution is 0.636. The Morgan fingerprint density at radius 2 is 1.88 bits per heavy atom. The van der Waals surface area contributed by atoms with Crippen molar-refractivity contribution in [3.63, 3.8) is 0 Å². The molecule has 0 aliphatic carbocycles. The third kappa shape index (κ3) is 2.32. The fourth-order valence-electron chi connectivity index (χ4n) is 3.44. The van der Waals surface area contributed by atoms with E-state index in [0.29, 0.717) is 11.3 Å². The van der Waals surface area contributed by atoms with Gasteiger partial charge in [-0.15, -0.1) is 0 Å². The van der Waals surface area contributed by atoms with Gasteiger partial charge in [-0.25, -0.2) is 19.3 Å². The van der Waals surface area contributed by atoms with Crippen LogP contribution >= 0.6 is 0 Å². The Labute approximate surface area is 149 Å². The molecule has 126 valence electrons. The molecule has 0 bridgehead atoms. The van der Waals surface area contributed by atoms with Gasteiger partial charge < -0.3 is 4.57 Å². The van der Waals surface area contributed by atoms with Crippen LogP contribution in [-0.4, -0.2) is 19.5 Å². The van der Waals surface area contributed by atoms with Crippen LogP contribution in [0.15, 0.2) is 48.7 Å². The van der Waals surface area contributed by atoms with Crippen molar-refractivity contribution >= 4 is 23.1 Å². The van der Waals surface area contributed by atoms with E-state index in [1.54, 1.807) is 12.1 Å². The van der Waals surface area contributed by atoms with Gasteiger partial charge in [-0.05, 0) is 30.7 Å². The number of aromatic nitrogens is 4. The van der Waals surface area contributed by atoms with Gasteiger partial charge in [-0.1, -0.05) is 36.4 Å². The highest BCUT2D eigenvalue weighted by molar-refractivity contribution is 5.82. The lowest BCUT2D eigenvalue weighted by Crippen LogP contribution is -1.95. The highest BCUT2D eigenvalue weighted by atomic mass is 19.1. The molecule has 26 heavy (non-hydrogen) atoms. The predicted molar refractivity (Wildman–Crippen MR) is 99.9 cm³/mol. The summed E-state index contributed by atoms with van der Waals surface area (Å²) in [5.74, 6) is 1.12. The van der Waals surface area contributed by atoms with Crippen LogP contribution in [0.3, 0.4) is 0 Å².